The molecular weight excluding hydrogens is 1180 g/mol. The normalized spacial score (nSPS) is 23.3. The summed E-state index contributed by atoms with van der Waals surface area (Å²) in [4.78, 5) is 106. The number of amidine groups is 1. The lowest BCUT2D eigenvalue weighted by atomic mass is 9.59. The summed E-state index contributed by atoms with van der Waals surface area (Å²) in [5.41, 5.74) is 0.620. The van der Waals surface area contributed by atoms with Gasteiger partial charge in [0.1, 0.15) is 40.2 Å². The SMILES string of the molecule is CCC(C)(C)C(=O)OCCCSC(C)(C)C(=O)Nc1[nH]c(C=C2N=C(NC(=O)C(C)(C)SCCSC(CC(=O)O)C(=O)O)C(C(=O)OC3C(C(C)(C)C)CC(C)CC3C(C)(C)C)=C2C(C)C)c(C(C)C)c1C(=O)OC1C(C(C)(C)C)CC(C)CC1C(C)(C)C. The van der Waals surface area contributed by atoms with Crippen LogP contribution in [-0.2, 0) is 43.0 Å². The summed E-state index contributed by atoms with van der Waals surface area (Å²) in [6.45, 7) is 51.7. The number of ether oxygens (including phenoxy) is 3. The van der Waals surface area contributed by atoms with Gasteiger partial charge in [-0.25, -0.2) is 14.6 Å². The fraction of sp³-hybridized carbons (Fsp3) is 0.771. The van der Waals surface area contributed by atoms with Crippen LogP contribution in [-0.4, -0.2) is 114 Å². The maximum atomic E-state index is 15.7. The number of aromatic nitrogens is 1. The Labute approximate surface area is 547 Å². The molecule has 1 aromatic rings. The fourth-order valence-electron chi connectivity index (χ4n) is 12.7. The Hall–Kier alpha value is -4.23. The van der Waals surface area contributed by atoms with Crippen molar-refractivity contribution in [2.75, 3.05) is 29.2 Å². The number of carboxylic acid groups (broad SMARTS) is 2. The number of carbonyl (C=O) groups is 7. The molecule has 16 nitrogen and oxygen atoms in total. The number of rotatable bonds is 25. The number of H-pyrrole nitrogens is 1. The quantitative estimate of drug-likeness (QED) is 0.0347. The van der Waals surface area contributed by atoms with Gasteiger partial charge >= 0.3 is 29.8 Å². The molecule has 5 N–H and O–H groups in total. The zero-order valence-electron chi connectivity index (χ0n) is 58.9. The molecule has 504 valence electrons. The number of aromatic amines is 1. The lowest BCUT2D eigenvalue weighted by Gasteiger charge is -2.50. The van der Waals surface area contributed by atoms with Gasteiger partial charge in [-0.15, -0.1) is 35.3 Å². The Morgan fingerprint density at radius 1 is 0.640 bits per heavy atom. The average Bonchev–Trinajstić information content (AvgIpc) is 1.76. The van der Waals surface area contributed by atoms with E-state index >= 15 is 9.59 Å². The van der Waals surface area contributed by atoms with Crippen LogP contribution >= 0.6 is 35.3 Å². The van der Waals surface area contributed by atoms with E-state index in [1.54, 1.807) is 19.9 Å². The van der Waals surface area contributed by atoms with Crippen LogP contribution in [0.2, 0.25) is 0 Å². The molecule has 2 aliphatic carbocycles. The minimum absolute atomic E-state index is 0.00158. The van der Waals surface area contributed by atoms with E-state index in [2.05, 4.69) is 113 Å². The van der Waals surface area contributed by atoms with Crippen LogP contribution in [0.1, 0.15) is 246 Å². The van der Waals surface area contributed by atoms with Crippen LogP contribution in [0, 0.1) is 68.5 Å². The van der Waals surface area contributed by atoms with Gasteiger partial charge < -0.3 is 40.0 Å². The van der Waals surface area contributed by atoms with Gasteiger partial charge in [-0.3, -0.25) is 24.0 Å². The van der Waals surface area contributed by atoms with E-state index in [0.717, 1.165) is 37.4 Å². The molecule has 2 saturated carbocycles. The molecule has 4 rings (SSSR count). The Morgan fingerprint density at radius 3 is 1.51 bits per heavy atom. The number of nitrogens with zero attached hydrogens (tertiary/aromatic N) is 1. The number of nitrogens with one attached hydrogen (secondary N) is 3. The van der Waals surface area contributed by atoms with Crippen molar-refractivity contribution in [1.82, 2.24) is 10.3 Å². The molecule has 5 atom stereocenters. The number of carboxylic acids is 2. The summed E-state index contributed by atoms with van der Waals surface area (Å²) in [5.74, 6) is -3.46. The zero-order chi connectivity index (χ0) is 68.1. The van der Waals surface area contributed by atoms with Gasteiger partial charge in [0.15, 0.2) is 0 Å². The van der Waals surface area contributed by atoms with Gasteiger partial charge in [0.05, 0.1) is 33.6 Å². The molecule has 0 bridgehead atoms. The van der Waals surface area contributed by atoms with Crippen molar-refractivity contribution in [1.29, 1.82) is 0 Å². The van der Waals surface area contributed by atoms with Crippen molar-refractivity contribution in [3.63, 3.8) is 0 Å². The molecule has 0 radical (unpaired) electrons. The summed E-state index contributed by atoms with van der Waals surface area (Å²) in [6, 6.07) is 0. The Balaban J connectivity index is 2.00. The molecule has 0 spiro atoms. The first-order valence-corrected chi connectivity index (χ1v) is 35.5. The van der Waals surface area contributed by atoms with Gasteiger partial charge in [0.2, 0.25) is 11.8 Å². The lowest BCUT2D eigenvalue weighted by Crippen LogP contribution is -2.50. The first-order chi connectivity index (χ1) is 40.6. The molecule has 1 aliphatic heterocycles. The second-order valence-corrected chi connectivity index (χ2v) is 37.0. The third-order valence-corrected chi connectivity index (χ3v) is 22.7. The fourth-order valence-corrected chi connectivity index (χ4v) is 15.7. The van der Waals surface area contributed by atoms with Crippen LogP contribution in [0.5, 0.6) is 0 Å². The Morgan fingerprint density at radius 2 is 1.09 bits per heavy atom. The summed E-state index contributed by atoms with van der Waals surface area (Å²) >= 11 is 3.67. The first kappa shape index (κ1) is 77.2. The third kappa shape index (κ3) is 20.4. The molecular formula is C70H114N4O12S3. The van der Waals surface area contributed by atoms with Crippen molar-refractivity contribution in [2.24, 2.45) is 73.5 Å². The van der Waals surface area contributed by atoms with Crippen molar-refractivity contribution < 1.29 is 58.0 Å². The monoisotopic (exact) mass is 1300 g/mol. The van der Waals surface area contributed by atoms with Crippen molar-refractivity contribution in [3.05, 3.63) is 33.7 Å². The van der Waals surface area contributed by atoms with Gasteiger partial charge in [-0.1, -0.05) is 132 Å². The van der Waals surface area contributed by atoms with E-state index in [1.165, 1.54) is 23.5 Å². The summed E-state index contributed by atoms with van der Waals surface area (Å²) in [7, 11) is 0. The highest BCUT2D eigenvalue weighted by Crippen LogP contribution is 2.52. The van der Waals surface area contributed by atoms with Crippen LogP contribution < -0.4 is 10.6 Å². The Bertz CT molecular complexity index is 2770. The topological polar surface area (TPSA) is 240 Å². The lowest BCUT2D eigenvalue weighted by molar-refractivity contribution is -0.164. The summed E-state index contributed by atoms with van der Waals surface area (Å²) in [5, 5.41) is 24.1. The second-order valence-electron chi connectivity index (χ2n) is 32.2. The number of hydrogen-bond donors (Lipinski definition) is 5. The first-order valence-electron chi connectivity index (χ1n) is 32.4. The van der Waals surface area contributed by atoms with E-state index in [1.807, 2.05) is 62.3 Å². The second kappa shape index (κ2) is 30.2. The maximum Gasteiger partial charge on any atom is 0.342 e. The van der Waals surface area contributed by atoms with E-state index in [4.69, 9.17) is 19.2 Å². The predicted molar refractivity (Wildman–Crippen MR) is 365 cm³/mol. The van der Waals surface area contributed by atoms with Crippen molar-refractivity contribution >= 4 is 94.7 Å². The number of aliphatic imine (C=N–C) groups is 1. The summed E-state index contributed by atoms with van der Waals surface area (Å²) in [6.07, 6.45) is 4.91. The number of allylic oxidation sites excluding steroid dienone is 1. The highest BCUT2D eigenvalue weighted by Gasteiger charge is 2.51. The summed E-state index contributed by atoms with van der Waals surface area (Å²) < 4.78 is 17.3. The zero-order valence-corrected chi connectivity index (χ0v) is 61.3. The van der Waals surface area contributed by atoms with Gasteiger partial charge in [-0.05, 0) is 148 Å². The number of thioether (sulfide) groups is 3. The minimum atomic E-state index is -1.23. The molecule has 2 fully saturated rings. The molecule has 0 saturated heterocycles. The van der Waals surface area contributed by atoms with Crippen LogP contribution in [0.25, 0.3) is 6.08 Å². The largest absolute Gasteiger partial charge is 0.481 e. The Kier molecular flexibility index (Phi) is 26.2. The maximum absolute atomic E-state index is 15.7. The average molecular weight is 1300 g/mol. The van der Waals surface area contributed by atoms with Crippen LogP contribution in [0.4, 0.5) is 5.82 Å². The standard InChI is InChI=1S/C70H114N4O12S3/c1-26-68(20,21)63(83)84-28-27-29-88-69(22,23)61(81)73-56-52(59(79)85-54-42(64(8,9)10)32-40(6)33-43(54)65(11,12)13)50(38(2)3)46(71-56)36-47-51(39(4)5)53(60(80)86-55-44(66(14,15)16)34-41(7)35-45(55)67(17,18)19)57(72-47)74-62(82)70(24,25)89-31-30-87-48(58(77)78)37-49(75)76/h36,38-45,48,54-55,71H,26-35,37H2,1-25H3,(H,73,81)(H,75,76)(H,77,78)(H,72,74,82). The van der Waals surface area contributed by atoms with Gasteiger partial charge in [0.25, 0.3) is 0 Å². The number of anilines is 1. The smallest absolute Gasteiger partial charge is 0.342 e. The molecule has 89 heavy (non-hydrogen) atoms. The molecule has 1 aromatic heterocycles. The molecule has 0 aromatic carbocycles. The molecule has 19 heteroatoms. The van der Waals surface area contributed by atoms with E-state index in [-0.39, 0.29) is 104 Å². The van der Waals surface area contributed by atoms with Crippen LogP contribution in [0.15, 0.2) is 21.8 Å². The van der Waals surface area contributed by atoms with E-state index < -0.39 is 68.6 Å². The highest BCUT2D eigenvalue weighted by atomic mass is 32.2. The number of aliphatic carboxylic acids is 2. The van der Waals surface area contributed by atoms with Gasteiger partial charge in [0, 0.05) is 40.9 Å². The number of hydrogen-bond acceptors (Lipinski definition) is 14. The van der Waals surface area contributed by atoms with Crippen molar-refractivity contribution in [3.8, 4) is 0 Å². The third-order valence-electron chi connectivity index (χ3n) is 18.6. The van der Waals surface area contributed by atoms with Gasteiger partial charge in [-0.2, -0.15) is 0 Å². The van der Waals surface area contributed by atoms with Crippen molar-refractivity contribution in [2.45, 2.75) is 251 Å². The number of amides is 2. The molecule has 2 heterocycles. The minimum Gasteiger partial charge on any atom is -0.481 e. The highest BCUT2D eigenvalue weighted by molar-refractivity contribution is 8.04. The van der Waals surface area contributed by atoms with Crippen LogP contribution in [0.3, 0.4) is 0 Å². The molecule has 5 unspecified atom stereocenters. The molecule has 2 amide bonds. The van der Waals surface area contributed by atoms with E-state index in [0.29, 0.717) is 58.7 Å². The number of esters is 3. The van der Waals surface area contributed by atoms with E-state index in [9.17, 15) is 34.2 Å². The number of carbonyl (C=O) groups excluding carboxylic acids is 5. The predicted octanol–water partition coefficient (Wildman–Crippen LogP) is 15.9. The molecule has 3 aliphatic rings.